The Morgan fingerprint density at radius 1 is 1.03 bits per heavy atom. The molecule has 30 heavy (non-hydrogen) atoms. The molecule has 0 bridgehead atoms. The standard InChI is InChI=1S/C23H18BrClN2O3/c1-29-20-10-8-16(12-21(20)30-2)27-13-14-5-3-4-6-17(14)22(27)26-23(28)18-11-15(24)7-9-19(18)25/h3-12H,13H2,1-2H3. The minimum absolute atomic E-state index is 0.343. The summed E-state index contributed by atoms with van der Waals surface area (Å²) in [6, 6.07) is 18.7. The highest BCUT2D eigenvalue weighted by Gasteiger charge is 2.28. The summed E-state index contributed by atoms with van der Waals surface area (Å²) < 4.78 is 11.6. The van der Waals surface area contributed by atoms with E-state index in [1.807, 2.05) is 47.4 Å². The number of carbonyl (C=O) groups is 1. The Balaban J connectivity index is 1.81. The number of halogens is 2. The van der Waals surface area contributed by atoms with Crippen LogP contribution in [-0.4, -0.2) is 26.0 Å². The summed E-state index contributed by atoms with van der Waals surface area (Å²) in [5.74, 6) is 1.40. The zero-order valence-electron chi connectivity index (χ0n) is 16.4. The number of hydrogen-bond donors (Lipinski definition) is 0. The van der Waals surface area contributed by atoms with Crippen LogP contribution in [0.2, 0.25) is 5.02 Å². The number of hydrogen-bond acceptors (Lipinski definition) is 3. The van der Waals surface area contributed by atoms with E-state index in [1.54, 1.807) is 32.4 Å². The molecule has 0 unspecified atom stereocenters. The molecule has 3 aromatic rings. The van der Waals surface area contributed by atoms with Crippen molar-refractivity contribution in [3.8, 4) is 11.5 Å². The van der Waals surface area contributed by atoms with Gasteiger partial charge in [-0.2, -0.15) is 4.99 Å². The lowest BCUT2D eigenvalue weighted by Gasteiger charge is -2.20. The number of amidine groups is 1. The van der Waals surface area contributed by atoms with Gasteiger partial charge in [-0.05, 0) is 35.9 Å². The third-order valence-electron chi connectivity index (χ3n) is 4.89. The second-order valence-corrected chi connectivity index (χ2v) is 7.97. The summed E-state index contributed by atoms with van der Waals surface area (Å²) in [5.41, 5.74) is 3.18. The van der Waals surface area contributed by atoms with Gasteiger partial charge >= 0.3 is 0 Å². The highest BCUT2D eigenvalue weighted by atomic mass is 79.9. The van der Waals surface area contributed by atoms with Gasteiger partial charge in [-0.15, -0.1) is 0 Å². The van der Waals surface area contributed by atoms with Gasteiger partial charge in [-0.3, -0.25) is 4.79 Å². The number of nitrogens with zero attached hydrogens (tertiary/aromatic N) is 2. The second-order valence-electron chi connectivity index (χ2n) is 6.65. The quantitative estimate of drug-likeness (QED) is 0.474. The molecule has 7 heteroatoms. The van der Waals surface area contributed by atoms with Gasteiger partial charge in [0.25, 0.3) is 5.91 Å². The zero-order valence-corrected chi connectivity index (χ0v) is 18.7. The van der Waals surface area contributed by atoms with E-state index in [9.17, 15) is 4.79 Å². The smallest absolute Gasteiger partial charge is 0.280 e. The minimum Gasteiger partial charge on any atom is -0.493 e. The number of benzene rings is 3. The van der Waals surface area contributed by atoms with Crippen molar-refractivity contribution < 1.29 is 14.3 Å². The molecule has 0 saturated heterocycles. The molecule has 1 aliphatic heterocycles. The Labute approximate surface area is 188 Å². The van der Waals surface area contributed by atoms with Crippen LogP contribution in [0.1, 0.15) is 21.5 Å². The number of fused-ring (bicyclic) bond motifs is 1. The molecule has 1 aliphatic rings. The summed E-state index contributed by atoms with van der Waals surface area (Å²) in [4.78, 5) is 19.5. The molecule has 0 atom stereocenters. The van der Waals surface area contributed by atoms with Crippen molar-refractivity contribution in [2.45, 2.75) is 6.54 Å². The van der Waals surface area contributed by atoms with E-state index in [0.717, 1.165) is 21.3 Å². The summed E-state index contributed by atoms with van der Waals surface area (Å²) >= 11 is 9.63. The van der Waals surface area contributed by atoms with E-state index in [2.05, 4.69) is 20.9 Å². The predicted octanol–water partition coefficient (Wildman–Crippen LogP) is 5.73. The van der Waals surface area contributed by atoms with Crippen LogP contribution in [0, 0.1) is 0 Å². The predicted molar refractivity (Wildman–Crippen MR) is 122 cm³/mol. The van der Waals surface area contributed by atoms with Crippen LogP contribution >= 0.6 is 27.5 Å². The van der Waals surface area contributed by atoms with Crippen molar-refractivity contribution in [2.24, 2.45) is 4.99 Å². The van der Waals surface area contributed by atoms with Crippen LogP contribution in [0.3, 0.4) is 0 Å². The number of aliphatic imine (C=N–C) groups is 1. The molecular weight excluding hydrogens is 468 g/mol. The van der Waals surface area contributed by atoms with Crippen molar-refractivity contribution in [3.05, 3.63) is 86.8 Å². The molecule has 5 nitrogen and oxygen atoms in total. The van der Waals surface area contributed by atoms with Crippen molar-refractivity contribution in [1.82, 2.24) is 0 Å². The maximum Gasteiger partial charge on any atom is 0.280 e. The van der Waals surface area contributed by atoms with Crippen molar-refractivity contribution in [1.29, 1.82) is 0 Å². The lowest BCUT2D eigenvalue weighted by atomic mass is 10.1. The van der Waals surface area contributed by atoms with Crippen LogP contribution < -0.4 is 14.4 Å². The number of carbonyl (C=O) groups excluding carboxylic acids is 1. The first-order valence-corrected chi connectivity index (χ1v) is 10.3. The van der Waals surface area contributed by atoms with Crippen LogP contribution in [0.4, 0.5) is 5.69 Å². The first-order valence-electron chi connectivity index (χ1n) is 9.17. The highest BCUT2D eigenvalue weighted by molar-refractivity contribution is 9.10. The molecule has 0 fully saturated rings. The molecule has 0 radical (unpaired) electrons. The molecule has 0 spiro atoms. The van der Waals surface area contributed by atoms with Crippen molar-refractivity contribution >= 4 is 45.0 Å². The Hall–Kier alpha value is -2.83. The zero-order chi connectivity index (χ0) is 21.3. The third kappa shape index (κ3) is 3.80. The van der Waals surface area contributed by atoms with Gasteiger partial charge in [-0.25, -0.2) is 0 Å². The lowest BCUT2D eigenvalue weighted by Crippen LogP contribution is -2.25. The molecule has 0 aromatic heterocycles. The fourth-order valence-electron chi connectivity index (χ4n) is 3.41. The van der Waals surface area contributed by atoms with Crippen molar-refractivity contribution in [3.63, 3.8) is 0 Å². The molecule has 1 amide bonds. The van der Waals surface area contributed by atoms with Gasteiger partial charge in [-0.1, -0.05) is 51.8 Å². The van der Waals surface area contributed by atoms with Crippen LogP contribution in [0.25, 0.3) is 0 Å². The minimum atomic E-state index is -0.404. The van der Waals surface area contributed by atoms with E-state index in [0.29, 0.717) is 34.5 Å². The molecule has 0 saturated carbocycles. The summed E-state index contributed by atoms with van der Waals surface area (Å²) in [6.45, 7) is 0.587. The molecule has 152 valence electrons. The summed E-state index contributed by atoms with van der Waals surface area (Å²) in [7, 11) is 3.19. The summed E-state index contributed by atoms with van der Waals surface area (Å²) in [6.07, 6.45) is 0. The monoisotopic (exact) mass is 484 g/mol. The van der Waals surface area contributed by atoms with Gasteiger partial charge in [0.05, 0.1) is 31.4 Å². The highest BCUT2D eigenvalue weighted by Crippen LogP contribution is 2.35. The molecule has 4 rings (SSSR count). The Morgan fingerprint density at radius 2 is 1.80 bits per heavy atom. The average Bonchev–Trinajstić information content (AvgIpc) is 3.13. The van der Waals surface area contributed by atoms with Crippen molar-refractivity contribution in [2.75, 3.05) is 19.1 Å². The fraction of sp³-hybridized carbons (Fsp3) is 0.130. The number of anilines is 1. The molecule has 0 N–H and O–H groups in total. The van der Waals surface area contributed by atoms with E-state index in [4.69, 9.17) is 21.1 Å². The van der Waals surface area contributed by atoms with Gasteiger partial charge in [0.1, 0.15) is 5.84 Å². The number of rotatable bonds is 4. The number of ether oxygens (including phenoxy) is 2. The van der Waals surface area contributed by atoms with Gasteiger partial charge in [0.2, 0.25) is 0 Å². The second kappa shape index (κ2) is 8.50. The van der Waals surface area contributed by atoms with E-state index in [-0.39, 0.29) is 0 Å². The lowest BCUT2D eigenvalue weighted by molar-refractivity contribution is 0.100. The Kier molecular flexibility index (Phi) is 5.79. The summed E-state index contributed by atoms with van der Waals surface area (Å²) in [5, 5.41) is 0.358. The molecule has 1 heterocycles. The third-order valence-corrected chi connectivity index (χ3v) is 5.71. The normalized spacial score (nSPS) is 14.0. The Bertz CT molecular complexity index is 1160. The Morgan fingerprint density at radius 3 is 2.57 bits per heavy atom. The van der Waals surface area contributed by atoms with Gasteiger partial charge in [0.15, 0.2) is 11.5 Å². The molecular formula is C23H18BrClN2O3. The van der Waals surface area contributed by atoms with E-state index in [1.165, 1.54) is 0 Å². The maximum absolute atomic E-state index is 13.0. The van der Waals surface area contributed by atoms with Gasteiger partial charge in [0, 0.05) is 21.8 Å². The first kappa shape index (κ1) is 20.4. The van der Waals surface area contributed by atoms with Crippen LogP contribution in [0.5, 0.6) is 11.5 Å². The SMILES string of the molecule is COc1ccc(N2Cc3ccccc3C2=NC(=O)c2cc(Br)ccc2Cl)cc1OC. The molecule has 0 aliphatic carbocycles. The van der Waals surface area contributed by atoms with E-state index >= 15 is 0 Å². The van der Waals surface area contributed by atoms with Crippen LogP contribution in [0.15, 0.2) is 70.1 Å². The largest absolute Gasteiger partial charge is 0.493 e. The molecule has 3 aromatic carbocycles. The topological polar surface area (TPSA) is 51.1 Å². The number of methoxy groups -OCH3 is 2. The van der Waals surface area contributed by atoms with Crippen LogP contribution in [-0.2, 0) is 6.54 Å². The number of amides is 1. The van der Waals surface area contributed by atoms with Gasteiger partial charge < -0.3 is 14.4 Å². The van der Waals surface area contributed by atoms with E-state index < -0.39 is 5.91 Å². The maximum atomic E-state index is 13.0. The first-order chi connectivity index (χ1) is 14.5. The fourth-order valence-corrected chi connectivity index (χ4v) is 3.97. The average molecular weight is 486 g/mol.